The normalized spacial score (nSPS) is 12.6. The average molecular weight is 232 g/mol. The Morgan fingerprint density at radius 2 is 1.88 bits per heavy atom. The van der Waals surface area contributed by atoms with Crippen LogP contribution in [0.3, 0.4) is 0 Å². The molecule has 0 saturated heterocycles. The SMILES string of the molecule is CCCc1ccc([C@H](O)c2ccsc2)cc1. The number of rotatable bonds is 4. The minimum atomic E-state index is -0.484. The van der Waals surface area contributed by atoms with E-state index in [0.717, 1.165) is 24.0 Å². The van der Waals surface area contributed by atoms with E-state index in [-0.39, 0.29) is 0 Å². The molecule has 0 fully saturated rings. The molecular weight excluding hydrogens is 216 g/mol. The maximum atomic E-state index is 10.1. The van der Waals surface area contributed by atoms with Crippen molar-refractivity contribution in [3.8, 4) is 0 Å². The van der Waals surface area contributed by atoms with Gasteiger partial charge in [0.1, 0.15) is 6.10 Å². The number of hydrogen-bond donors (Lipinski definition) is 1. The molecule has 0 saturated carbocycles. The molecule has 1 heterocycles. The highest BCUT2D eigenvalue weighted by atomic mass is 32.1. The van der Waals surface area contributed by atoms with Gasteiger partial charge < -0.3 is 5.11 Å². The van der Waals surface area contributed by atoms with Gasteiger partial charge in [-0.2, -0.15) is 11.3 Å². The van der Waals surface area contributed by atoms with Crippen LogP contribution in [0.2, 0.25) is 0 Å². The summed E-state index contributed by atoms with van der Waals surface area (Å²) >= 11 is 1.61. The summed E-state index contributed by atoms with van der Waals surface area (Å²) in [5, 5.41) is 14.1. The molecule has 1 nitrogen and oxygen atoms in total. The lowest BCUT2D eigenvalue weighted by Crippen LogP contribution is -1.97. The number of hydrogen-bond acceptors (Lipinski definition) is 2. The second-order valence-corrected chi connectivity index (χ2v) is 4.73. The first-order chi connectivity index (χ1) is 7.81. The summed E-state index contributed by atoms with van der Waals surface area (Å²) in [6.07, 6.45) is 1.78. The monoisotopic (exact) mass is 232 g/mol. The average Bonchev–Trinajstić information content (AvgIpc) is 2.83. The predicted molar refractivity (Wildman–Crippen MR) is 68.8 cm³/mol. The molecule has 2 aromatic rings. The third-order valence-corrected chi connectivity index (χ3v) is 3.39. The smallest absolute Gasteiger partial charge is 0.105 e. The van der Waals surface area contributed by atoms with Crippen LogP contribution in [0.25, 0.3) is 0 Å². The molecule has 16 heavy (non-hydrogen) atoms. The lowest BCUT2D eigenvalue weighted by atomic mass is 10.0. The topological polar surface area (TPSA) is 20.2 Å². The Morgan fingerprint density at radius 1 is 1.12 bits per heavy atom. The largest absolute Gasteiger partial charge is 0.384 e. The Kier molecular flexibility index (Phi) is 3.75. The molecule has 0 bridgehead atoms. The first kappa shape index (κ1) is 11.4. The number of aryl methyl sites for hydroxylation is 1. The Morgan fingerprint density at radius 3 is 2.44 bits per heavy atom. The van der Waals surface area contributed by atoms with E-state index >= 15 is 0 Å². The molecule has 2 rings (SSSR count). The fraction of sp³-hybridized carbons (Fsp3) is 0.286. The van der Waals surface area contributed by atoms with Crippen LogP contribution in [-0.2, 0) is 6.42 Å². The molecule has 0 amide bonds. The van der Waals surface area contributed by atoms with Crippen molar-refractivity contribution in [2.75, 3.05) is 0 Å². The summed E-state index contributed by atoms with van der Waals surface area (Å²) in [5.41, 5.74) is 3.29. The highest BCUT2D eigenvalue weighted by Crippen LogP contribution is 2.24. The summed E-state index contributed by atoms with van der Waals surface area (Å²) < 4.78 is 0. The lowest BCUT2D eigenvalue weighted by molar-refractivity contribution is 0.221. The highest BCUT2D eigenvalue weighted by molar-refractivity contribution is 7.07. The molecule has 1 N–H and O–H groups in total. The van der Waals surface area contributed by atoms with E-state index in [1.165, 1.54) is 5.56 Å². The predicted octanol–water partition coefficient (Wildman–Crippen LogP) is 3.78. The van der Waals surface area contributed by atoms with Gasteiger partial charge in [0.15, 0.2) is 0 Å². The molecule has 0 aliphatic rings. The van der Waals surface area contributed by atoms with E-state index < -0.39 is 6.10 Å². The van der Waals surface area contributed by atoms with Gasteiger partial charge in [0.05, 0.1) is 0 Å². The zero-order valence-electron chi connectivity index (χ0n) is 9.39. The third-order valence-electron chi connectivity index (χ3n) is 2.69. The van der Waals surface area contributed by atoms with Crippen molar-refractivity contribution >= 4 is 11.3 Å². The van der Waals surface area contributed by atoms with E-state index in [9.17, 15) is 5.11 Å². The van der Waals surface area contributed by atoms with Gasteiger partial charge in [-0.05, 0) is 39.9 Å². The molecular formula is C14H16OS. The van der Waals surface area contributed by atoms with E-state index in [1.807, 2.05) is 29.0 Å². The van der Waals surface area contributed by atoms with Crippen LogP contribution in [0.15, 0.2) is 41.1 Å². The van der Waals surface area contributed by atoms with E-state index in [2.05, 4.69) is 19.1 Å². The molecule has 2 heteroatoms. The quantitative estimate of drug-likeness (QED) is 0.850. The van der Waals surface area contributed by atoms with Crippen molar-refractivity contribution in [1.82, 2.24) is 0 Å². The van der Waals surface area contributed by atoms with Crippen molar-refractivity contribution in [2.45, 2.75) is 25.9 Å². The van der Waals surface area contributed by atoms with E-state index in [0.29, 0.717) is 0 Å². The minimum absolute atomic E-state index is 0.484. The number of aliphatic hydroxyl groups excluding tert-OH is 1. The molecule has 0 radical (unpaired) electrons. The Labute approximate surface area is 100 Å². The summed E-state index contributed by atoms with van der Waals surface area (Å²) in [5.74, 6) is 0. The molecule has 84 valence electrons. The molecule has 1 aromatic carbocycles. The molecule has 1 atom stereocenters. The second-order valence-electron chi connectivity index (χ2n) is 3.95. The van der Waals surface area contributed by atoms with Crippen LogP contribution in [-0.4, -0.2) is 5.11 Å². The van der Waals surface area contributed by atoms with E-state index in [1.54, 1.807) is 11.3 Å². The Bertz CT molecular complexity index is 417. The second kappa shape index (κ2) is 5.28. The van der Waals surface area contributed by atoms with Gasteiger partial charge in [0, 0.05) is 0 Å². The Balaban J connectivity index is 2.15. The van der Waals surface area contributed by atoms with Gasteiger partial charge in [-0.3, -0.25) is 0 Å². The van der Waals surface area contributed by atoms with Crippen molar-refractivity contribution in [3.05, 3.63) is 57.8 Å². The number of benzene rings is 1. The zero-order valence-corrected chi connectivity index (χ0v) is 10.2. The van der Waals surface area contributed by atoms with Gasteiger partial charge in [0.2, 0.25) is 0 Å². The minimum Gasteiger partial charge on any atom is -0.384 e. The van der Waals surface area contributed by atoms with Crippen molar-refractivity contribution in [2.24, 2.45) is 0 Å². The number of thiophene rings is 1. The molecule has 0 unspecified atom stereocenters. The van der Waals surface area contributed by atoms with E-state index in [4.69, 9.17) is 0 Å². The fourth-order valence-electron chi connectivity index (χ4n) is 1.78. The van der Waals surface area contributed by atoms with Gasteiger partial charge in [0.25, 0.3) is 0 Å². The fourth-order valence-corrected chi connectivity index (χ4v) is 2.46. The first-order valence-electron chi connectivity index (χ1n) is 5.60. The maximum absolute atomic E-state index is 10.1. The first-order valence-corrected chi connectivity index (χ1v) is 6.54. The van der Waals surface area contributed by atoms with Gasteiger partial charge >= 0.3 is 0 Å². The van der Waals surface area contributed by atoms with Crippen LogP contribution in [0.5, 0.6) is 0 Å². The summed E-state index contributed by atoms with van der Waals surface area (Å²) in [6, 6.07) is 10.2. The summed E-state index contributed by atoms with van der Waals surface area (Å²) in [7, 11) is 0. The lowest BCUT2D eigenvalue weighted by Gasteiger charge is -2.09. The Hall–Kier alpha value is -1.12. The van der Waals surface area contributed by atoms with Crippen molar-refractivity contribution in [3.63, 3.8) is 0 Å². The molecule has 0 spiro atoms. The van der Waals surface area contributed by atoms with Gasteiger partial charge in [-0.15, -0.1) is 0 Å². The van der Waals surface area contributed by atoms with Crippen molar-refractivity contribution < 1.29 is 5.11 Å². The standard InChI is InChI=1S/C14H16OS/c1-2-3-11-4-6-12(7-5-11)14(15)13-8-9-16-10-13/h4-10,14-15H,2-3H2,1H3/t14-/m0/s1. The number of aliphatic hydroxyl groups is 1. The summed E-state index contributed by atoms with van der Waals surface area (Å²) in [6.45, 7) is 2.17. The molecule has 0 aliphatic heterocycles. The molecule has 0 aliphatic carbocycles. The van der Waals surface area contributed by atoms with Crippen LogP contribution in [0.4, 0.5) is 0 Å². The summed E-state index contributed by atoms with van der Waals surface area (Å²) in [4.78, 5) is 0. The third kappa shape index (κ3) is 2.52. The van der Waals surface area contributed by atoms with Crippen LogP contribution in [0.1, 0.15) is 36.1 Å². The maximum Gasteiger partial charge on any atom is 0.105 e. The van der Waals surface area contributed by atoms with Crippen molar-refractivity contribution in [1.29, 1.82) is 0 Å². The van der Waals surface area contributed by atoms with Crippen LogP contribution >= 0.6 is 11.3 Å². The van der Waals surface area contributed by atoms with Crippen LogP contribution < -0.4 is 0 Å². The van der Waals surface area contributed by atoms with Gasteiger partial charge in [-0.1, -0.05) is 37.6 Å². The zero-order chi connectivity index (χ0) is 11.4. The van der Waals surface area contributed by atoms with Gasteiger partial charge in [-0.25, -0.2) is 0 Å². The molecule has 1 aromatic heterocycles. The van der Waals surface area contributed by atoms with Crippen LogP contribution in [0, 0.1) is 0 Å². The highest BCUT2D eigenvalue weighted by Gasteiger charge is 2.09.